The molecular weight excluding hydrogens is 399 g/mol. The fourth-order valence-electron chi connectivity index (χ4n) is 2.79. The minimum absolute atomic E-state index is 0.0982. The standard InChI is InChI=1S/C19H15F5N2O3/c20-18(21)28-15-4-2-1-3-12(15)11-25-29-16-9-10-26(17(16)27)14-7-5-13(6-8-14)19(22,23)24/h1-8,11,16,18H,9-10H2/b25-11+. The molecule has 3 rings (SSSR count). The summed E-state index contributed by atoms with van der Waals surface area (Å²) in [5, 5.41) is 3.67. The zero-order chi connectivity index (χ0) is 21.0. The Bertz CT molecular complexity index is 884. The van der Waals surface area contributed by atoms with Crippen molar-refractivity contribution in [2.24, 2.45) is 5.16 Å². The minimum atomic E-state index is -4.46. The first-order chi connectivity index (χ1) is 13.8. The summed E-state index contributed by atoms with van der Waals surface area (Å²) < 4.78 is 67.1. The number of carbonyl (C=O) groups is 1. The third-order valence-electron chi connectivity index (χ3n) is 4.18. The minimum Gasteiger partial charge on any atom is -0.434 e. The summed E-state index contributed by atoms with van der Waals surface area (Å²) in [5.41, 5.74) is -0.262. The van der Waals surface area contributed by atoms with E-state index in [1.54, 1.807) is 6.07 Å². The SMILES string of the molecule is O=C1C(O/N=C/c2ccccc2OC(F)F)CCN1c1ccc(C(F)(F)F)cc1. The highest BCUT2D eigenvalue weighted by atomic mass is 19.4. The summed E-state index contributed by atoms with van der Waals surface area (Å²) in [4.78, 5) is 18.9. The Labute approximate surface area is 162 Å². The molecule has 2 aromatic carbocycles. The summed E-state index contributed by atoms with van der Waals surface area (Å²) in [5.74, 6) is -0.557. The van der Waals surface area contributed by atoms with Crippen LogP contribution in [-0.4, -0.2) is 31.4 Å². The second-order valence-corrected chi connectivity index (χ2v) is 6.07. The lowest BCUT2D eigenvalue weighted by Gasteiger charge is -2.17. The predicted octanol–water partition coefficient (Wildman–Crippen LogP) is 4.46. The zero-order valence-electron chi connectivity index (χ0n) is 14.8. The van der Waals surface area contributed by atoms with Crippen LogP contribution in [0, 0.1) is 0 Å². The van der Waals surface area contributed by atoms with Crippen LogP contribution in [0.4, 0.5) is 27.6 Å². The number of anilines is 1. The molecule has 1 heterocycles. The lowest BCUT2D eigenvalue weighted by molar-refractivity contribution is -0.137. The van der Waals surface area contributed by atoms with Crippen LogP contribution in [-0.2, 0) is 15.8 Å². The first kappa shape index (κ1) is 20.6. The van der Waals surface area contributed by atoms with Gasteiger partial charge in [-0.05, 0) is 36.4 Å². The number of hydrogen-bond donors (Lipinski definition) is 0. The molecule has 0 radical (unpaired) electrons. The van der Waals surface area contributed by atoms with E-state index >= 15 is 0 Å². The zero-order valence-corrected chi connectivity index (χ0v) is 14.8. The van der Waals surface area contributed by atoms with Crippen LogP contribution < -0.4 is 9.64 Å². The van der Waals surface area contributed by atoms with Crippen molar-refractivity contribution in [1.82, 2.24) is 0 Å². The molecule has 5 nitrogen and oxygen atoms in total. The first-order valence-corrected chi connectivity index (χ1v) is 8.47. The van der Waals surface area contributed by atoms with Crippen LogP contribution in [0.25, 0.3) is 0 Å². The molecule has 1 fully saturated rings. The van der Waals surface area contributed by atoms with E-state index in [1.807, 2.05) is 0 Å². The Kier molecular flexibility index (Phi) is 6.00. The highest BCUT2D eigenvalue weighted by molar-refractivity contribution is 5.98. The lowest BCUT2D eigenvalue weighted by Crippen LogP contribution is -2.30. The number of benzene rings is 2. The number of para-hydroxylation sites is 1. The Balaban J connectivity index is 1.63. The van der Waals surface area contributed by atoms with E-state index in [2.05, 4.69) is 9.89 Å². The molecule has 0 aliphatic carbocycles. The van der Waals surface area contributed by atoms with E-state index in [0.717, 1.165) is 18.3 Å². The maximum absolute atomic E-state index is 12.6. The van der Waals surface area contributed by atoms with Crippen molar-refractivity contribution in [1.29, 1.82) is 0 Å². The van der Waals surface area contributed by atoms with Gasteiger partial charge in [-0.25, -0.2) is 0 Å². The first-order valence-electron chi connectivity index (χ1n) is 8.47. The molecule has 0 bridgehead atoms. The second kappa shape index (κ2) is 8.46. The molecule has 1 saturated heterocycles. The van der Waals surface area contributed by atoms with E-state index in [4.69, 9.17) is 4.84 Å². The summed E-state index contributed by atoms with van der Waals surface area (Å²) >= 11 is 0. The molecule has 2 aromatic rings. The number of carbonyl (C=O) groups excluding carboxylic acids is 1. The maximum Gasteiger partial charge on any atom is 0.416 e. The average Bonchev–Trinajstić information content (AvgIpc) is 3.03. The van der Waals surface area contributed by atoms with Gasteiger partial charge >= 0.3 is 12.8 Å². The number of oxime groups is 1. The maximum atomic E-state index is 12.6. The van der Waals surface area contributed by atoms with Crippen LogP contribution >= 0.6 is 0 Å². The van der Waals surface area contributed by atoms with Crippen molar-refractivity contribution < 1.29 is 36.3 Å². The van der Waals surface area contributed by atoms with Crippen LogP contribution in [0.3, 0.4) is 0 Å². The number of halogens is 5. The average molecular weight is 414 g/mol. The van der Waals surface area contributed by atoms with Crippen LogP contribution in [0.15, 0.2) is 53.7 Å². The molecule has 0 spiro atoms. The van der Waals surface area contributed by atoms with Crippen LogP contribution in [0.2, 0.25) is 0 Å². The normalized spacial score (nSPS) is 17.4. The van der Waals surface area contributed by atoms with Crippen molar-refractivity contribution in [3.63, 3.8) is 0 Å². The van der Waals surface area contributed by atoms with Gasteiger partial charge in [0.05, 0.1) is 11.8 Å². The summed E-state index contributed by atoms with van der Waals surface area (Å²) in [6, 6.07) is 10.1. The Morgan fingerprint density at radius 3 is 2.45 bits per heavy atom. The molecule has 0 saturated carbocycles. The molecule has 29 heavy (non-hydrogen) atoms. The molecule has 10 heteroatoms. The molecule has 1 aliphatic heterocycles. The van der Waals surface area contributed by atoms with Gasteiger partial charge in [0.2, 0.25) is 6.10 Å². The smallest absolute Gasteiger partial charge is 0.416 e. The molecule has 0 N–H and O–H groups in total. The molecule has 1 amide bonds. The molecular formula is C19H15F5N2O3. The van der Waals surface area contributed by atoms with Crippen molar-refractivity contribution in [3.05, 3.63) is 59.7 Å². The van der Waals surface area contributed by atoms with Crippen LogP contribution in [0.1, 0.15) is 17.5 Å². The van der Waals surface area contributed by atoms with Crippen molar-refractivity contribution in [2.45, 2.75) is 25.3 Å². The number of hydrogen-bond acceptors (Lipinski definition) is 4. The lowest BCUT2D eigenvalue weighted by atomic mass is 10.2. The van der Waals surface area contributed by atoms with Crippen LogP contribution in [0.5, 0.6) is 5.75 Å². The van der Waals surface area contributed by atoms with Gasteiger partial charge in [-0.2, -0.15) is 22.0 Å². The van der Waals surface area contributed by atoms with Gasteiger partial charge < -0.3 is 14.5 Å². The number of rotatable bonds is 6. The topological polar surface area (TPSA) is 51.1 Å². The summed E-state index contributed by atoms with van der Waals surface area (Å²) in [6.07, 6.45) is -3.98. The van der Waals surface area contributed by atoms with Gasteiger partial charge in [0, 0.05) is 24.2 Å². The number of alkyl halides is 5. The molecule has 0 aromatic heterocycles. The Morgan fingerprint density at radius 2 is 1.79 bits per heavy atom. The summed E-state index contributed by atoms with van der Waals surface area (Å²) in [7, 11) is 0. The number of ether oxygens (including phenoxy) is 1. The van der Waals surface area contributed by atoms with Crippen molar-refractivity contribution in [3.8, 4) is 5.75 Å². The molecule has 1 atom stereocenters. The van der Waals surface area contributed by atoms with Gasteiger partial charge in [-0.1, -0.05) is 17.3 Å². The second-order valence-electron chi connectivity index (χ2n) is 6.07. The Morgan fingerprint density at radius 1 is 1.10 bits per heavy atom. The van der Waals surface area contributed by atoms with E-state index in [0.29, 0.717) is 5.69 Å². The van der Waals surface area contributed by atoms with Crippen molar-refractivity contribution in [2.75, 3.05) is 11.4 Å². The van der Waals surface area contributed by atoms with E-state index in [1.165, 1.54) is 35.2 Å². The van der Waals surface area contributed by atoms with Gasteiger partial charge in [-0.15, -0.1) is 0 Å². The molecule has 1 aliphatic rings. The Hall–Kier alpha value is -3.17. The quantitative estimate of drug-likeness (QED) is 0.398. The largest absolute Gasteiger partial charge is 0.434 e. The van der Waals surface area contributed by atoms with Gasteiger partial charge in [0.1, 0.15) is 5.75 Å². The molecule has 1 unspecified atom stereocenters. The third kappa shape index (κ3) is 5.01. The van der Waals surface area contributed by atoms with E-state index in [-0.39, 0.29) is 24.3 Å². The van der Waals surface area contributed by atoms with E-state index in [9.17, 15) is 26.7 Å². The van der Waals surface area contributed by atoms with Crippen molar-refractivity contribution >= 4 is 17.8 Å². The highest BCUT2D eigenvalue weighted by Gasteiger charge is 2.35. The predicted molar refractivity (Wildman–Crippen MR) is 94.0 cm³/mol. The van der Waals surface area contributed by atoms with Gasteiger partial charge in [-0.3, -0.25) is 4.79 Å². The monoisotopic (exact) mass is 414 g/mol. The fourth-order valence-corrected chi connectivity index (χ4v) is 2.79. The molecule has 154 valence electrons. The van der Waals surface area contributed by atoms with Gasteiger partial charge in [0.25, 0.3) is 5.91 Å². The van der Waals surface area contributed by atoms with Gasteiger partial charge in [0.15, 0.2) is 0 Å². The summed E-state index contributed by atoms with van der Waals surface area (Å²) in [6.45, 7) is -2.76. The third-order valence-corrected chi connectivity index (χ3v) is 4.18. The van der Waals surface area contributed by atoms with E-state index < -0.39 is 30.4 Å². The number of amides is 1. The number of nitrogens with zero attached hydrogens (tertiary/aromatic N) is 2. The fraction of sp³-hybridized carbons (Fsp3) is 0.263. The highest BCUT2D eigenvalue weighted by Crippen LogP contribution is 2.31.